The van der Waals surface area contributed by atoms with E-state index in [-0.39, 0.29) is 28.4 Å². The second-order valence-corrected chi connectivity index (χ2v) is 9.31. The van der Waals surface area contributed by atoms with E-state index in [4.69, 9.17) is 14.2 Å². The predicted molar refractivity (Wildman–Crippen MR) is 130 cm³/mol. The van der Waals surface area contributed by atoms with Gasteiger partial charge in [-0.1, -0.05) is 12.1 Å². The van der Waals surface area contributed by atoms with Crippen molar-refractivity contribution >= 4 is 33.4 Å². The first-order valence-electron chi connectivity index (χ1n) is 10.8. The van der Waals surface area contributed by atoms with Gasteiger partial charge in [0.15, 0.2) is 0 Å². The molecule has 1 aliphatic rings. The van der Waals surface area contributed by atoms with Crippen molar-refractivity contribution in [3.05, 3.63) is 77.9 Å². The van der Waals surface area contributed by atoms with Crippen molar-refractivity contribution in [2.45, 2.75) is 18.4 Å². The van der Waals surface area contributed by atoms with Crippen LogP contribution < -0.4 is 18.7 Å². The minimum absolute atomic E-state index is 0.0171. The fourth-order valence-corrected chi connectivity index (χ4v) is 5.47. The summed E-state index contributed by atoms with van der Waals surface area (Å²) in [7, 11) is -1.44. The molecular weight excluding hydrogens is 472 g/mol. The van der Waals surface area contributed by atoms with Crippen molar-refractivity contribution in [1.82, 2.24) is 0 Å². The van der Waals surface area contributed by atoms with Crippen LogP contribution in [0.5, 0.6) is 11.5 Å². The third-order valence-corrected chi connectivity index (χ3v) is 7.24. The lowest BCUT2D eigenvalue weighted by Crippen LogP contribution is -2.50. The van der Waals surface area contributed by atoms with Gasteiger partial charge in [-0.2, -0.15) is 4.31 Å². The number of para-hydroxylation sites is 1. The van der Waals surface area contributed by atoms with Crippen LogP contribution in [-0.2, 0) is 21.3 Å². The molecule has 1 heterocycles. The number of hydrogen-bond donors (Lipinski definition) is 0. The fourth-order valence-electron chi connectivity index (χ4n) is 3.88. The standard InChI is InChI=1S/C25H24N2O7S/c1-4-34-20-12-10-19(11-13-20)27-25(29)26(21-7-5-6-8-23(21)35(27,30)31)16-18-15-17(24(28)33-3)9-14-22(18)32-2/h5-15H,4,16H2,1-3H3. The van der Waals surface area contributed by atoms with Gasteiger partial charge in [0.1, 0.15) is 16.4 Å². The Balaban J connectivity index is 1.82. The molecule has 10 heteroatoms. The van der Waals surface area contributed by atoms with Crippen LogP contribution in [0.3, 0.4) is 0 Å². The van der Waals surface area contributed by atoms with E-state index >= 15 is 0 Å². The number of amides is 2. The maximum absolute atomic E-state index is 13.7. The number of benzene rings is 3. The predicted octanol–water partition coefficient (Wildman–Crippen LogP) is 4.22. The monoisotopic (exact) mass is 496 g/mol. The third kappa shape index (κ3) is 4.40. The number of carbonyl (C=O) groups excluding carboxylic acids is 2. The highest BCUT2D eigenvalue weighted by molar-refractivity contribution is 7.94. The van der Waals surface area contributed by atoms with Crippen LogP contribution >= 0.6 is 0 Å². The van der Waals surface area contributed by atoms with Crippen LogP contribution in [0.25, 0.3) is 0 Å². The lowest BCUT2D eigenvalue weighted by molar-refractivity contribution is 0.0600. The smallest absolute Gasteiger partial charge is 0.343 e. The normalized spacial score (nSPS) is 14.3. The zero-order valence-corrected chi connectivity index (χ0v) is 20.2. The van der Waals surface area contributed by atoms with Crippen molar-refractivity contribution in [1.29, 1.82) is 0 Å². The molecule has 0 unspecified atom stereocenters. The summed E-state index contributed by atoms with van der Waals surface area (Å²) in [5.74, 6) is 0.446. The Labute approximate surface area is 203 Å². The summed E-state index contributed by atoms with van der Waals surface area (Å²) in [6.45, 7) is 2.24. The average Bonchev–Trinajstić information content (AvgIpc) is 2.87. The van der Waals surface area contributed by atoms with Crippen molar-refractivity contribution in [3.63, 3.8) is 0 Å². The van der Waals surface area contributed by atoms with E-state index in [1.807, 2.05) is 6.92 Å². The molecule has 35 heavy (non-hydrogen) atoms. The third-order valence-electron chi connectivity index (χ3n) is 5.49. The molecule has 0 N–H and O–H groups in total. The van der Waals surface area contributed by atoms with Crippen LogP contribution in [0, 0.1) is 0 Å². The molecule has 0 bridgehead atoms. The zero-order valence-electron chi connectivity index (χ0n) is 19.4. The maximum Gasteiger partial charge on any atom is 0.343 e. The number of sulfonamides is 1. The van der Waals surface area contributed by atoms with E-state index in [9.17, 15) is 18.0 Å². The highest BCUT2D eigenvalue weighted by atomic mass is 32.2. The summed E-state index contributed by atoms with van der Waals surface area (Å²) in [6, 6.07) is 16.5. The Hall–Kier alpha value is -4.05. The summed E-state index contributed by atoms with van der Waals surface area (Å²) >= 11 is 0. The highest BCUT2D eigenvalue weighted by Gasteiger charge is 2.42. The van der Waals surface area contributed by atoms with Gasteiger partial charge in [0.05, 0.1) is 44.3 Å². The Morgan fingerprint density at radius 3 is 2.34 bits per heavy atom. The summed E-state index contributed by atoms with van der Waals surface area (Å²) < 4.78 is 43.4. The van der Waals surface area contributed by atoms with Crippen LogP contribution in [0.1, 0.15) is 22.8 Å². The molecule has 3 aromatic carbocycles. The molecule has 0 atom stereocenters. The number of anilines is 2. The number of ether oxygens (including phenoxy) is 3. The number of fused-ring (bicyclic) bond motifs is 1. The fraction of sp³-hybridized carbons (Fsp3) is 0.200. The van der Waals surface area contributed by atoms with Crippen molar-refractivity contribution in [2.24, 2.45) is 0 Å². The second-order valence-electron chi connectivity index (χ2n) is 7.55. The first-order chi connectivity index (χ1) is 16.8. The lowest BCUT2D eigenvalue weighted by Gasteiger charge is -2.36. The molecule has 9 nitrogen and oxygen atoms in total. The molecular formula is C25H24N2O7S. The Morgan fingerprint density at radius 2 is 1.69 bits per heavy atom. The van der Waals surface area contributed by atoms with Gasteiger partial charge in [0.25, 0.3) is 10.0 Å². The number of methoxy groups -OCH3 is 2. The summed E-state index contributed by atoms with van der Waals surface area (Å²) in [6.07, 6.45) is 0. The number of hydrogen-bond acceptors (Lipinski definition) is 7. The highest BCUT2D eigenvalue weighted by Crippen LogP contribution is 2.39. The molecule has 2 amide bonds. The number of rotatable bonds is 7. The van der Waals surface area contributed by atoms with Crippen molar-refractivity contribution in [3.8, 4) is 11.5 Å². The summed E-state index contributed by atoms with van der Waals surface area (Å²) in [5, 5.41) is 0. The van der Waals surface area contributed by atoms with Gasteiger partial charge in [0, 0.05) is 5.56 Å². The van der Waals surface area contributed by atoms with Crippen LogP contribution in [-0.4, -0.2) is 41.2 Å². The molecule has 0 saturated heterocycles. The van der Waals surface area contributed by atoms with Crippen LogP contribution in [0.2, 0.25) is 0 Å². The second kappa shape index (κ2) is 9.67. The molecule has 0 saturated carbocycles. The van der Waals surface area contributed by atoms with Gasteiger partial charge in [0.2, 0.25) is 0 Å². The Morgan fingerprint density at radius 1 is 0.971 bits per heavy atom. The maximum atomic E-state index is 13.7. The van der Waals surface area contributed by atoms with Crippen LogP contribution in [0.4, 0.5) is 16.2 Å². The minimum Gasteiger partial charge on any atom is -0.496 e. The van der Waals surface area contributed by atoms with Gasteiger partial charge < -0.3 is 14.2 Å². The van der Waals surface area contributed by atoms with Crippen LogP contribution in [0.15, 0.2) is 71.6 Å². The molecule has 0 spiro atoms. The first kappa shape index (κ1) is 24.1. The van der Waals surface area contributed by atoms with Crippen molar-refractivity contribution in [2.75, 3.05) is 30.0 Å². The molecule has 4 rings (SSSR count). The largest absolute Gasteiger partial charge is 0.496 e. The van der Waals surface area contributed by atoms with Gasteiger partial charge in [-0.15, -0.1) is 0 Å². The molecule has 0 aliphatic carbocycles. The summed E-state index contributed by atoms with van der Waals surface area (Å²) in [4.78, 5) is 27.1. The number of urea groups is 1. The van der Waals surface area contributed by atoms with Gasteiger partial charge >= 0.3 is 12.0 Å². The Bertz CT molecular complexity index is 1370. The number of nitrogens with zero attached hydrogens (tertiary/aromatic N) is 2. The SMILES string of the molecule is CCOc1ccc(N2C(=O)N(Cc3cc(C(=O)OC)ccc3OC)c3ccccc3S2(=O)=O)cc1. The topological polar surface area (TPSA) is 102 Å². The van der Waals surface area contributed by atoms with E-state index in [2.05, 4.69) is 0 Å². The van der Waals surface area contributed by atoms with E-state index in [0.717, 1.165) is 4.31 Å². The van der Waals surface area contributed by atoms with Crippen molar-refractivity contribution < 1.29 is 32.2 Å². The van der Waals surface area contributed by atoms with E-state index in [0.29, 0.717) is 23.7 Å². The zero-order chi connectivity index (χ0) is 25.2. The van der Waals surface area contributed by atoms with Gasteiger partial charge in [-0.3, -0.25) is 4.90 Å². The molecule has 182 valence electrons. The molecule has 3 aromatic rings. The van der Waals surface area contributed by atoms with E-state index in [1.165, 1.54) is 37.3 Å². The van der Waals surface area contributed by atoms with Gasteiger partial charge in [-0.25, -0.2) is 18.0 Å². The Kier molecular flexibility index (Phi) is 6.65. The first-order valence-corrected chi connectivity index (χ1v) is 12.2. The average molecular weight is 497 g/mol. The molecule has 0 aromatic heterocycles. The quantitative estimate of drug-likeness (QED) is 0.451. The number of carbonyl (C=O) groups is 2. The van der Waals surface area contributed by atoms with E-state index < -0.39 is 22.0 Å². The molecule has 0 fully saturated rings. The minimum atomic E-state index is -4.18. The molecule has 1 aliphatic heterocycles. The summed E-state index contributed by atoms with van der Waals surface area (Å²) in [5.41, 5.74) is 1.18. The number of esters is 1. The lowest BCUT2D eigenvalue weighted by atomic mass is 10.1. The van der Waals surface area contributed by atoms with Gasteiger partial charge in [-0.05, 0) is 61.5 Å². The van der Waals surface area contributed by atoms with E-state index in [1.54, 1.807) is 48.5 Å². The molecule has 0 radical (unpaired) electrons.